The molecular formula is C11H16ClN3O. The third-order valence-corrected chi connectivity index (χ3v) is 2.83. The maximum absolute atomic E-state index is 5.75. The quantitative estimate of drug-likeness (QED) is 0.741. The van der Waals surface area contributed by atoms with Crippen LogP contribution in [0.1, 0.15) is 19.5 Å². The summed E-state index contributed by atoms with van der Waals surface area (Å²) in [5.74, 6) is 1.28. The molecule has 1 aromatic rings. The number of nitrogens with zero attached hydrogens (tertiary/aromatic N) is 3. The molecular weight excluding hydrogens is 226 g/mol. The fourth-order valence-corrected chi connectivity index (χ4v) is 1.95. The molecule has 1 aliphatic heterocycles. The Kier molecular flexibility index (Phi) is 3.30. The van der Waals surface area contributed by atoms with Gasteiger partial charge in [0.2, 0.25) is 0 Å². The van der Waals surface area contributed by atoms with E-state index in [4.69, 9.17) is 16.3 Å². The summed E-state index contributed by atoms with van der Waals surface area (Å²) in [6.45, 7) is 6.56. The van der Waals surface area contributed by atoms with Gasteiger partial charge < -0.3 is 9.64 Å². The second-order valence-corrected chi connectivity index (χ2v) is 4.80. The largest absolute Gasteiger partial charge is 0.372 e. The van der Waals surface area contributed by atoms with Gasteiger partial charge in [0.05, 0.1) is 30.0 Å². The fourth-order valence-electron chi connectivity index (χ4n) is 1.82. The van der Waals surface area contributed by atoms with Crippen LogP contribution in [0, 0.1) is 0 Å². The van der Waals surface area contributed by atoms with Crippen LogP contribution >= 0.6 is 11.6 Å². The van der Waals surface area contributed by atoms with E-state index < -0.39 is 0 Å². The molecule has 1 aliphatic rings. The summed E-state index contributed by atoms with van der Waals surface area (Å²) in [7, 11) is 0. The van der Waals surface area contributed by atoms with Gasteiger partial charge in [-0.15, -0.1) is 11.6 Å². The van der Waals surface area contributed by atoms with Gasteiger partial charge >= 0.3 is 0 Å². The van der Waals surface area contributed by atoms with Crippen LogP contribution in [0.5, 0.6) is 0 Å². The summed E-state index contributed by atoms with van der Waals surface area (Å²) in [4.78, 5) is 10.8. The Hall–Kier alpha value is -0.870. The lowest BCUT2D eigenvalue weighted by molar-refractivity contribution is -0.0279. The van der Waals surface area contributed by atoms with Crippen LogP contribution in [0.15, 0.2) is 12.4 Å². The number of rotatable bonds is 2. The van der Waals surface area contributed by atoms with E-state index in [1.807, 2.05) is 0 Å². The lowest BCUT2D eigenvalue weighted by Gasteiger charge is -2.38. The minimum absolute atomic E-state index is 0.128. The summed E-state index contributed by atoms with van der Waals surface area (Å²) in [5.41, 5.74) is 0.681. The minimum atomic E-state index is -0.128. The molecule has 1 aromatic heterocycles. The third-order valence-electron chi connectivity index (χ3n) is 2.56. The predicted octanol–water partition coefficient (Wildman–Crippen LogP) is 1.83. The van der Waals surface area contributed by atoms with Crippen molar-refractivity contribution in [2.45, 2.75) is 25.3 Å². The number of alkyl halides is 1. The zero-order valence-corrected chi connectivity index (χ0v) is 10.4. The number of morpholine rings is 1. The average Bonchev–Trinajstić information content (AvgIpc) is 2.28. The number of aromatic nitrogens is 2. The maximum atomic E-state index is 5.75. The van der Waals surface area contributed by atoms with Gasteiger partial charge in [-0.3, -0.25) is 4.98 Å². The smallest absolute Gasteiger partial charge is 0.147 e. The van der Waals surface area contributed by atoms with Crippen molar-refractivity contribution in [3.05, 3.63) is 18.1 Å². The van der Waals surface area contributed by atoms with Gasteiger partial charge in [-0.05, 0) is 13.8 Å². The van der Waals surface area contributed by atoms with E-state index in [1.54, 1.807) is 12.4 Å². The van der Waals surface area contributed by atoms with Crippen LogP contribution in [0.4, 0.5) is 5.82 Å². The maximum Gasteiger partial charge on any atom is 0.147 e. The van der Waals surface area contributed by atoms with Gasteiger partial charge in [-0.25, -0.2) is 4.98 Å². The molecule has 0 saturated carbocycles. The van der Waals surface area contributed by atoms with Crippen molar-refractivity contribution in [3.63, 3.8) is 0 Å². The lowest BCUT2D eigenvalue weighted by Crippen LogP contribution is -2.48. The molecule has 0 N–H and O–H groups in total. The highest BCUT2D eigenvalue weighted by atomic mass is 35.5. The SMILES string of the molecule is CC1(C)CN(c2cncc(CCl)n2)CCO1. The summed E-state index contributed by atoms with van der Waals surface area (Å²) >= 11 is 5.75. The van der Waals surface area contributed by atoms with E-state index in [1.165, 1.54) is 0 Å². The summed E-state index contributed by atoms with van der Waals surface area (Å²) in [5, 5.41) is 0. The van der Waals surface area contributed by atoms with Crippen molar-refractivity contribution < 1.29 is 4.74 Å². The highest BCUT2D eigenvalue weighted by molar-refractivity contribution is 6.16. The average molecular weight is 242 g/mol. The Labute approximate surface area is 101 Å². The third kappa shape index (κ3) is 2.62. The molecule has 2 rings (SSSR count). The first-order chi connectivity index (χ1) is 7.61. The molecule has 0 aliphatic carbocycles. The van der Waals surface area contributed by atoms with Gasteiger partial charge in [0.1, 0.15) is 5.82 Å². The molecule has 16 heavy (non-hydrogen) atoms. The fraction of sp³-hybridized carbons (Fsp3) is 0.636. The lowest BCUT2D eigenvalue weighted by atomic mass is 10.1. The van der Waals surface area contributed by atoms with Crippen LogP contribution in [0.3, 0.4) is 0 Å². The highest BCUT2D eigenvalue weighted by Crippen LogP contribution is 2.21. The molecule has 88 valence electrons. The standard InChI is InChI=1S/C11H16ClN3O/c1-11(2)8-15(3-4-16-11)10-7-13-6-9(5-12)14-10/h6-7H,3-5,8H2,1-2H3. The minimum Gasteiger partial charge on any atom is -0.372 e. The molecule has 0 atom stereocenters. The summed E-state index contributed by atoms with van der Waals surface area (Å²) < 4.78 is 5.66. The second-order valence-electron chi connectivity index (χ2n) is 4.53. The van der Waals surface area contributed by atoms with Crippen molar-refractivity contribution in [1.82, 2.24) is 9.97 Å². The van der Waals surface area contributed by atoms with Crippen LogP contribution in [-0.2, 0) is 10.6 Å². The molecule has 0 spiro atoms. The summed E-state index contributed by atoms with van der Waals surface area (Å²) in [6, 6.07) is 0. The first-order valence-corrected chi connectivity index (χ1v) is 5.90. The summed E-state index contributed by atoms with van der Waals surface area (Å²) in [6.07, 6.45) is 3.47. The van der Waals surface area contributed by atoms with E-state index in [2.05, 4.69) is 28.7 Å². The van der Waals surface area contributed by atoms with Crippen LogP contribution < -0.4 is 4.90 Å². The molecule has 5 heteroatoms. The van der Waals surface area contributed by atoms with E-state index in [-0.39, 0.29) is 5.60 Å². The van der Waals surface area contributed by atoms with E-state index in [9.17, 15) is 0 Å². The van der Waals surface area contributed by atoms with Crippen molar-refractivity contribution >= 4 is 17.4 Å². The number of anilines is 1. The molecule has 0 amide bonds. The number of ether oxygens (including phenoxy) is 1. The Morgan fingerprint density at radius 2 is 2.31 bits per heavy atom. The normalized spacial score (nSPS) is 19.8. The second kappa shape index (κ2) is 4.55. The molecule has 0 radical (unpaired) electrons. The van der Waals surface area contributed by atoms with E-state index in [0.29, 0.717) is 5.88 Å². The Balaban J connectivity index is 2.16. The Morgan fingerprint density at radius 3 is 3.00 bits per heavy atom. The topological polar surface area (TPSA) is 38.2 Å². The zero-order chi connectivity index (χ0) is 11.6. The molecule has 1 saturated heterocycles. The van der Waals surface area contributed by atoms with E-state index >= 15 is 0 Å². The molecule has 0 bridgehead atoms. The zero-order valence-electron chi connectivity index (χ0n) is 9.61. The predicted molar refractivity (Wildman–Crippen MR) is 63.8 cm³/mol. The number of hydrogen-bond acceptors (Lipinski definition) is 4. The van der Waals surface area contributed by atoms with Crippen molar-refractivity contribution in [2.75, 3.05) is 24.6 Å². The van der Waals surface area contributed by atoms with Crippen LogP contribution in [0.25, 0.3) is 0 Å². The van der Waals surface area contributed by atoms with Gasteiger partial charge in [-0.1, -0.05) is 0 Å². The number of halogens is 1. The van der Waals surface area contributed by atoms with Crippen LogP contribution in [0.2, 0.25) is 0 Å². The van der Waals surface area contributed by atoms with Gasteiger partial charge in [0.25, 0.3) is 0 Å². The van der Waals surface area contributed by atoms with Gasteiger partial charge in [0, 0.05) is 19.3 Å². The van der Waals surface area contributed by atoms with Gasteiger partial charge in [-0.2, -0.15) is 0 Å². The Morgan fingerprint density at radius 1 is 1.50 bits per heavy atom. The van der Waals surface area contributed by atoms with Crippen molar-refractivity contribution in [2.24, 2.45) is 0 Å². The first-order valence-electron chi connectivity index (χ1n) is 5.36. The monoisotopic (exact) mass is 241 g/mol. The molecule has 4 nitrogen and oxygen atoms in total. The van der Waals surface area contributed by atoms with Gasteiger partial charge in [0.15, 0.2) is 0 Å². The van der Waals surface area contributed by atoms with Crippen molar-refractivity contribution in [1.29, 1.82) is 0 Å². The van der Waals surface area contributed by atoms with Crippen LogP contribution in [-0.4, -0.2) is 35.3 Å². The number of hydrogen-bond donors (Lipinski definition) is 0. The Bertz CT molecular complexity index is 370. The molecule has 0 aromatic carbocycles. The van der Waals surface area contributed by atoms with Crippen molar-refractivity contribution in [3.8, 4) is 0 Å². The molecule has 2 heterocycles. The molecule has 1 fully saturated rings. The van der Waals surface area contributed by atoms with E-state index in [0.717, 1.165) is 31.2 Å². The molecule has 0 unspecified atom stereocenters. The first kappa shape index (κ1) is 11.6. The highest BCUT2D eigenvalue weighted by Gasteiger charge is 2.27.